The zero-order valence-corrected chi connectivity index (χ0v) is 8.29. The Morgan fingerprint density at radius 3 is 2.79 bits per heavy atom. The van der Waals surface area contributed by atoms with E-state index < -0.39 is 0 Å². The van der Waals surface area contributed by atoms with Crippen molar-refractivity contribution >= 4 is 5.78 Å². The van der Waals surface area contributed by atoms with Crippen molar-refractivity contribution in [2.45, 2.75) is 13.8 Å². The lowest BCUT2D eigenvalue weighted by molar-refractivity contribution is 0.101. The molecular weight excluding hydrogens is 176 g/mol. The summed E-state index contributed by atoms with van der Waals surface area (Å²) in [7, 11) is 0. The van der Waals surface area contributed by atoms with Gasteiger partial charge in [0.2, 0.25) is 0 Å². The maximum absolute atomic E-state index is 11.1. The highest BCUT2D eigenvalue weighted by Gasteiger charge is 2.01. The second-order valence-electron chi connectivity index (χ2n) is 3.05. The van der Waals surface area contributed by atoms with Crippen LogP contribution in [-0.2, 0) is 0 Å². The first-order chi connectivity index (χ1) is 6.65. The molecule has 14 heavy (non-hydrogen) atoms. The fraction of sp³-hybridized carbons (Fsp3) is 0.250. The Morgan fingerprint density at radius 1 is 1.50 bits per heavy atom. The van der Waals surface area contributed by atoms with Crippen LogP contribution in [0.25, 0.3) is 0 Å². The van der Waals surface area contributed by atoms with E-state index >= 15 is 0 Å². The molecule has 0 fully saturated rings. The first kappa shape index (κ1) is 10.5. The number of carbonyl (C=O) groups is 1. The minimum Gasteiger partial charge on any atom is -0.384 e. The molecule has 1 N–H and O–H groups in total. The number of aryl methyl sites for hydroxylation is 1. The first-order valence-corrected chi connectivity index (χ1v) is 4.36. The van der Waals surface area contributed by atoms with Gasteiger partial charge in [0, 0.05) is 11.1 Å². The van der Waals surface area contributed by atoms with Crippen molar-refractivity contribution in [1.82, 2.24) is 0 Å². The summed E-state index contributed by atoms with van der Waals surface area (Å²) in [6, 6.07) is 5.39. The Labute approximate surface area is 83.6 Å². The van der Waals surface area contributed by atoms with Gasteiger partial charge in [0.1, 0.15) is 6.61 Å². The van der Waals surface area contributed by atoms with Gasteiger partial charge in [-0.2, -0.15) is 0 Å². The second-order valence-corrected chi connectivity index (χ2v) is 3.05. The molecule has 0 heterocycles. The minimum absolute atomic E-state index is 0.0250. The normalized spacial score (nSPS) is 9.07. The van der Waals surface area contributed by atoms with Crippen LogP contribution in [-0.4, -0.2) is 17.5 Å². The Kier molecular flexibility index (Phi) is 3.44. The summed E-state index contributed by atoms with van der Waals surface area (Å²) in [5.74, 6) is 5.40. The summed E-state index contributed by atoms with van der Waals surface area (Å²) < 4.78 is 0. The van der Waals surface area contributed by atoms with Crippen molar-refractivity contribution < 1.29 is 9.90 Å². The van der Waals surface area contributed by atoms with Gasteiger partial charge in [-0.15, -0.1) is 0 Å². The van der Waals surface area contributed by atoms with Gasteiger partial charge in [-0.1, -0.05) is 24.0 Å². The lowest BCUT2D eigenvalue weighted by Crippen LogP contribution is -1.94. The predicted octanol–water partition coefficient (Wildman–Crippen LogP) is 1.54. The quantitative estimate of drug-likeness (QED) is 0.536. The van der Waals surface area contributed by atoms with E-state index in [-0.39, 0.29) is 12.4 Å². The summed E-state index contributed by atoms with van der Waals surface area (Å²) in [5, 5.41) is 8.56. The van der Waals surface area contributed by atoms with Crippen LogP contribution in [0.5, 0.6) is 0 Å². The van der Waals surface area contributed by atoms with Crippen molar-refractivity contribution in [2.24, 2.45) is 0 Å². The van der Waals surface area contributed by atoms with E-state index in [0.717, 1.165) is 11.1 Å². The number of aliphatic hydroxyl groups excluding tert-OH is 1. The Hall–Kier alpha value is -1.59. The van der Waals surface area contributed by atoms with Gasteiger partial charge in [0.15, 0.2) is 5.78 Å². The van der Waals surface area contributed by atoms with Crippen molar-refractivity contribution in [2.75, 3.05) is 6.61 Å². The molecule has 0 radical (unpaired) electrons. The number of ketones is 1. The highest BCUT2D eigenvalue weighted by Crippen LogP contribution is 2.10. The highest BCUT2D eigenvalue weighted by atomic mass is 16.2. The standard InChI is InChI=1S/C12H12O2/c1-9-5-6-12(10(2)14)8-11(9)4-3-7-13/h5-6,8,13H,7H2,1-2H3. The second kappa shape index (κ2) is 4.59. The largest absolute Gasteiger partial charge is 0.384 e. The average molecular weight is 188 g/mol. The van der Waals surface area contributed by atoms with Crippen molar-refractivity contribution in [3.8, 4) is 11.8 Å². The fourth-order valence-corrected chi connectivity index (χ4v) is 1.11. The monoisotopic (exact) mass is 188 g/mol. The molecule has 0 aliphatic rings. The Balaban J connectivity index is 3.14. The van der Waals surface area contributed by atoms with Crippen LogP contribution in [0, 0.1) is 18.8 Å². The maximum Gasteiger partial charge on any atom is 0.159 e. The molecule has 1 aromatic rings. The van der Waals surface area contributed by atoms with E-state index in [0.29, 0.717) is 5.56 Å². The molecule has 0 saturated heterocycles. The topological polar surface area (TPSA) is 37.3 Å². The van der Waals surface area contributed by atoms with E-state index in [4.69, 9.17) is 5.11 Å². The Morgan fingerprint density at radius 2 is 2.21 bits per heavy atom. The van der Waals surface area contributed by atoms with Gasteiger partial charge in [-0.05, 0) is 25.5 Å². The van der Waals surface area contributed by atoms with Crippen LogP contribution in [0.4, 0.5) is 0 Å². The lowest BCUT2D eigenvalue weighted by atomic mass is 10.0. The highest BCUT2D eigenvalue weighted by molar-refractivity contribution is 5.94. The average Bonchev–Trinajstić information content (AvgIpc) is 2.16. The molecule has 0 saturated carbocycles. The molecule has 0 atom stereocenters. The van der Waals surface area contributed by atoms with Crippen molar-refractivity contribution in [1.29, 1.82) is 0 Å². The predicted molar refractivity (Wildman–Crippen MR) is 55.1 cm³/mol. The number of benzene rings is 1. The number of aliphatic hydroxyl groups is 1. The summed E-state index contributed by atoms with van der Waals surface area (Å²) in [6.45, 7) is 3.28. The van der Waals surface area contributed by atoms with E-state index in [9.17, 15) is 4.79 Å². The molecule has 0 aliphatic heterocycles. The smallest absolute Gasteiger partial charge is 0.159 e. The van der Waals surface area contributed by atoms with Gasteiger partial charge in [-0.25, -0.2) is 0 Å². The van der Waals surface area contributed by atoms with Crippen LogP contribution in [0.1, 0.15) is 28.4 Å². The SMILES string of the molecule is CC(=O)c1ccc(C)c(C#CCO)c1. The summed E-state index contributed by atoms with van der Waals surface area (Å²) >= 11 is 0. The third-order valence-corrected chi connectivity index (χ3v) is 1.95. The van der Waals surface area contributed by atoms with E-state index in [2.05, 4.69) is 11.8 Å². The lowest BCUT2D eigenvalue weighted by Gasteiger charge is -2.00. The number of rotatable bonds is 1. The van der Waals surface area contributed by atoms with Crippen LogP contribution in [0.3, 0.4) is 0 Å². The zero-order valence-electron chi connectivity index (χ0n) is 8.29. The van der Waals surface area contributed by atoms with Crippen LogP contribution >= 0.6 is 0 Å². The van der Waals surface area contributed by atoms with Gasteiger partial charge >= 0.3 is 0 Å². The Bertz CT molecular complexity index is 408. The fourth-order valence-electron chi connectivity index (χ4n) is 1.11. The summed E-state index contributed by atoms with van der Waals surface area (Å²) in [5.41, 5.74) is 2.46. The number of carbonyl (C=O) groups excluding carboxylic acids is 1. The van der Waals surface area contributed by atoms with E-state index in [1.165, 1.54) is 6.92 Å². The van der Waals surface area contributed by atoms with E-state index in [1.54, 1.807) is 12.1 Å². The molecule has 0 aromatic heterocycles. The van der Waals surface area contributed by atoms with E-state index in [1.807, 2.05) is 13.0 Å². The third-order valence-electron chi connectivity index (χ3n) is 1.95. The number of Topliss-reactive ketones (excluding diaryl/α,β-unsaturated/α-hetero) is 1. The molecule has 2 nitrogen and oxygen atoms in total. The summed E-state index contributed by atoms with van der Waals surface area (Å²) in [6.07, 6.45) is 0. The zero-order chi connectivity index (χ0) is 10.6. The molecule has 0 spiro atoms. The van der Waals surface area contributed by atoms with Gasteiger partial charge in [0.25, 0.3) is 0 Å². The van der Waals surface area contributed by atoms with Gasteiger partial charge in [0.05, 0.1) is 0 Å². The van der Waals surface area contributed by atoms with Crippen LogP contribution < -0.4 is 0 Å². The van der Waals surface area contributed by atoms with Gasteiger partial charge < -0.3 is 5.11 Å². The maximum atomic E-state index is 11.1. The molecule has 0 bridgehead atoms. The first-order valence-electron chi connectivity index (χ1n) is 4.36. The minimum atomic E-state index is -0.163. The van der Waals surface area contributed by atoms with Crippen molar-refractivity contribution in [3.63, 3.8) is 0 Å². The molecule has 1 aromatic carbocycles. The van der Waals surface area contributed by atoms with Crippen LogP contribution in [0.15, 0.2) is 18.2 Å². The molecule has 0 unspecified atom stereocenters. The molecule has 72 valence electrons. The third kappa shape index (κ3) is 2.45. The molecule has 0 amide bonds. The van der Waals surface area contributed by atoms with Crippen molar-refractivity contribution in [3.05, 3.63) is 34.9 Å². The summed E-state index contributed by atoms with van der Waals surface area (Å²) in [4.78, 5) is 11.1. The number of hydrogen-bond acceptors (Lipinski definition) is 2. The van der Waals surface area contributed by atoms with Crippen LogP contribution in [0.2, 0.25) is 0 Å². The molecular formula is C12H12O2. The number of hydrogen-bond donors (Lipinski definition) is 1. The molecule has 0 aliphatic carbocycles. The van der Waals surface area contributed by atoms with Gasteiger partial charge in [-0.3, -0.25) is 4.79 Å². The molecule has 1 rings (SSSR count). The molecule has 2 heteroatoms.